The maximum atomic E-state index is 12.1. The van der Waals surface area contributed by atoms with Crippen molar-refractivity contribution in [1.82, 2.24) is 9.88 Å². The Hall–Kier alpha value is -1.14. The van der Waals surface area contributed by atoms with Crippen LogP contribution >= 0.6 is 11.3 Å². The molecule has 0 aliphatic carbocycles. The predicted molar refractivity (Wildman–Crippen MR) is 109 cm³/mol. The molecule has 26 heavy (non-hydrogen) atoms. The summed E-state index contributed by atoms with van der Waals surface area (Å²) in [5, 5.41) is 3.46. The van der Waals surface area contributed by atoms with Crippen LogP contribution < -0.4 is 5.32 Å². The van der Waals surface area contributed by atoms with Crippen molar-refractivity contribution < 1.29 is 9.53 Å². The van der Waals surface area contributed by atoms with E-state index in [2.05, 4.69) is 36.0 Å². The van der Waals surface area contributed by atoms with Crippen molar-refractivity contribution >= 4 is 22.6 Å². The molecule has 1 amide bonds. The number of thiazole rings is 1. The van der Waals surface area contributed by atoms with E-state index in [1.807, 2.05) is 6.92 Å². The Morgan fingerprint density at radius 1 is 1.38 bits per heavy atom. The third-order valence-corrected chi connectivity index (χ3v) is 6.40. The molecule has 1 aliphatic rings. The summed E-state index contributed by atoms with van der Waals surface area (Å²) in [6.45, 7) is 12.4. The van der Waals surface area contributed by atoms with Gasteiger partial charge in [-0.3, -0.25) is 10.2 Å². The minimum Gasteiger partial charge on any atom is -0.449 e. The van der Waals surface area contributed by atoms with Crippen LogP contribution in [0.1, 0.15) is 69.9 Å². The molecule has 0 spiro atoms. The molecule has 2 rings (SSSR count). The number of nitrogens with zero attached hydrogens (tertiary/aromatic N) is 2. The molecule has 1 N–H and O–H groups in total. The SMILES string of the molecule is CCCCC(CC)COC(=O)Nc1nc(C)c(CN2CCC(C)CC2)s1. The summed E-state index contributed by atoms with van der Waals surface area (Å²) in [5.41, 5.74) is 1.01. The second kappa shape index (κ2) is 10.9. The van der Waals surface area contributed by atoms with Crippen LogP contribution in [0.4, 0.5) is 9.93 Å². The first-order valence-electron chi connectivity index (χ1n) is 10.1. The van der Waals surface area contributed by atoms with Gasteiger partial charge in [0.05, 0.1) is 12.3 Å². The molecule has 0 radical (unpaired) electrons. The third kappa shape index (κ3) is 6.88. The highest BCUT2D eigenvalue weighted by atomic mass is 32.1. The van der Waals surface area contributed by atoms with E-state index in [-0.39, 0.29) is 6.09 Å². The number of carbonyl (C=O) groups is 1. The number of rotatable bonds is 9. The zero-order chi connectivity index (χ0) is 18.9. The van der Waals surface area contributed by atoms with E-state index in [4.69, 9.17) is 4.74 Å². The molecule has 5 nitrogen and oxygen atoms in total. The first-order valence-corrected chi connectivity index (χ1v) is 11.0. The summed E-state index contributed by atoms with van der Waals surface area (Å²) in [4.78, 5) is 20.3. The third-order valence-electron chi connectivity index (χ3n) is 5.34. The fourth-order valence-corrected chi connectivity index (χ4v) is 4.26. The number of likely N-dealkylation sites (tertiary alicyclic amines) is 1. The lowest BCUT2D eigenvalue weighted by molar-refractivity contribution is 0.136. The number of carbonyl (C=O) groups excluding carboxylic acids is 1. The summed E-state index contributed by atoms with van der Waals surface area (Å²) in [7, 11) is 0. The standard InChI is InChI=1S/C20H35N3O2S/c1-5-7-8-17(6-2)14-25-20(24)22-19-21-16(4)18(26-19)13-23-11-9-15(3)10-12-23/h15,17H,5-14H2,1-4H3,(H,21,22,24). The minimum absolute atomic E-state index is 0.382. The quantitative estimate of drug-likeness (QED) is 0.618. The normalized spacial score (nSPS) is 17.2. The molecule has 1 unspecified atom stereocenters. The van der Waals surface area contributed by atoms with Gasteiger partial charge in [-0.15, -0.1) is 0 Å². The van der Waals surface area contributed by atoms with Gasteiger partial charge in [0, 0.05) is 11.4 Å². The average Bonchev–Trinajstić information content (AvgIpc) is 2.96. The first kappa shape index (κ1) is 21.2. The smallest absolute Gasteiger partial charge is 0.413 e. The molecule has 148 valence electrons. The Kier molecular flexibility index (Phi) is 8.85. The van der Waals surface area contributed by atoms with E-state index in [1.54, 1.807) is 11.3 Å². The number of hydrogen-bond acceptors (Lipinski definition) is 5. The first-order chi connectivity index (χ1) is 12.5. The van der Waals surface area contributed by atoms with Gasteiger partial charge >= 0.3 is 6.09 Å². The van der Waals surface area contributed by atoms with Gasteiger partial charge in [0.1, 0.15) is 0 Å². The molecule has 6 heteroatoms. The van der Waals surface area contributed by atoms with Gasteiger partial charge in [-0.25, -0.2) is 9.78 Å². The van der Waals surface area contributed by atoms with Gasteiger partial charge in [0.2, 0.25) is 0 Å². The summed E-state index contributed by atoms with van der Waals surface area (Å²) < 4.78 is 5.41. The van der Waals surface area contributed by atoms with Crippen LogP contribution in [0, 0.1) is 18.8 Å². The monoisotopic (exact) mass is 381 g/mol. The van der Waals surface area contributed by atoms with E-state index in [0.29, 0.717) is 17.7 Å². The summed E-state index contributed by atoms with van der Waals surface area (Å²) >= 11 is 1.57. The van der Waals surface area contributed by atoms with Crippen LogP contribution in [0.3, 0.4) is 0 Å². The van der Waals surface area contributed by atoms with Gasteiger partial charge in [0.25, 0.3) is 0 Å². The minimum atomic E-state index is -0.382. The van der Waals surface area contributed by atoms with Crippen molar-refractivity contribution in [2.24, 2.45) is 11.8 Å². The molecular formula is C20H35N3O2S. The number of ether oxygens (including phenoxy) is 1. The Bertz CT molecular complexity index is 553. The number of unbranched alkanes of at least 4 members (excludes halogenated alkanes) is 1. The lowest BCUT2D eigenvalue weighted by Gasteiger charge is -2.29. The largest absolute Gasteiger partial charge is 0.449 e. The van der Waals surface area contributed by atoms with Crippen molar-refractivity contribution in [3.05, 3.63) is 10.6 Å². The van der Waals surface area contributed by atoms with E-state index in [9.17, 15) is 4.79 Å². The lowest BCUT2D eigenvalue weighted by Crippen LogP contribution is -2.32. The summed E-state index contributed by atoms with van der Waals surface area (Å²) in [6.07, 6.45) is 6.69. The van der Waals surface area contributed by atoms with Crippen LogP contribution in [0.25, 0.3) is 0 Å². The molecule has 1 atom stereocenters. The van der Waals surface area contributed by atoms with Crippen LogP contribution in [0.2, 0.25) is 0 Å². The van der Waals surface area contributed by atoms with Gasteiger partial charge in [-0.1, -0.05) is 51.4 Å². The maximum absolute atomic E-state index is 12.1. The lowest BCUT2D eigenvalue weighted by atomic mass is 9.99. The molecule has 1 saturated heterocycles. The average molecular weight is 382 g/mol. The van der Waals surface area contributed by atoms with Crippen molar-refractivity contribution in [2.75, 3.05) is 25.0 Å². The van der Waals surface area contributed by atoms with Crippen molar-refractivity contribution in [2.45, 2.75) is 72.8 Å². The molecule has 1 aromatic rings. The fraction of sp³-hybridized carbons (Fsp3) is 0.800. The van der Waals surface area contributed by atoms with E-state index in [0.717, 1.165) is 44.1 Å². The predicted octanol–water partition coefficient (Wildman–Crippen LogP) is 5.45. The highest BCUT2D eigenvalue weighted by molar-refractivity contribution is 7.15. The molecule has 1 fully saturated rings. The number of anilines is 1. The van der Waals surface area contributed by atoms with Crippen LogP contribution in [0.5, 0.6) is 0 Å². The molecule has 2 heterocycles. The van der Waals surface area contributed by atoms with E-state index >= 15 is 0 Å². The topological polar surface area (TPSA) is 54.5 Å². The van der Waals surface area contributed by atoms with Gasteiger partial charge in [-0.05, 0) is 51.1 Å². The van der Waals surface area contributed by atoms with Gasteiger partial charge in [0.15, 0.2) is 5.13 Å². The van der Waals surface area contributed by atoms with Crippen LogP contribution in [-0.4, -0.2) is 35.7 Å². The second-order valence-corrected chi connectivity index (χ2v) is 8.71. The van der Waals surface area contributed by atoms with E-state index in [1.165, 1.54) is 30.6 Å². The molecule has 0 bridgehead atoms. The van der Waals surface area contributed by atoms with Crippen molar-refractivity contribution in [3.63, 3.8) is 0 Å². The Balaban J connectivity index is 1.79. The molecular weight excluding hydrogens is 346 g/mol. The Morgan fingerprint density at radius 3 is 2.77 bits per heavy atom. The van der Waals surface area contributed by atoms with E-state index < -0.39 is 0 Å². The Labute approximate surface area is 162 Å². The summed E-state index contributed by atoms with van der Waals surface area (Å²) in [6, 6.07) is 0. The number of aryl methyl sites for hydroxylation is 1. The Morgan fingerprint density at radius 2 is 2.12 bits per heavy atom. The van der Waals surface area contributed by atoms with Gasteiger partial charge < -0.3 is 4.74 Å². The van der Waals surface area contributed by atoms with Crippen molar-refractivity contribution in [1.29, 1.82) is 0 Å². The van der Waals surface area contributed by atoms with Crippen LogP contribution in [0.15, 0.2) is 0 Å². The van der Waals surface area contributed by atoms with Crippen molar-refractivity contribution in [3.8, 4) is 0 Å². The highest BCUT2D eigenvalue weighted by Gasteiger charge is 2.19. The number of nitrogens with one attached hydrogen (secondary N) is 1. The maximum Gasteiger partial charge on any atom is 0.413 e. The number of piperidine rings is 1. The van der Waals surface area contributed by atoms with Gasteiger partial charge in [-0.2, -0.15) is 0 Å². The molecule has 1 aromatic heterocycles. The fourth-order valence-electron chi connectivity index (χ4n) is 3.27. The number of hydrogen-bond donors (Lipinski definition) is 1. The molecule has 0 aromatic carbocycles. The van der Waals surface area contributed by atoms with Crippen LogP contribution in [-0.2, 0) is 11.3 Å². The zero-order valence-corrected chi connectivity index (χ0v) is 17.7. The molecule has 1 aliphatic heterocycles. The highest BCUT2D eigenvalue weighted by Crippen LogP contribution is 2.26. The number of aromatic nitrogens is 1. The summed E-state index contributed by atoms with van der Waals surface area (Å²) in [5.74, 6) is 1.29. The number of amides is 1. The molecule has 0 saturated carbocycles. The second-order valence-electron chi connectivity index (χ2n) is 7.63. The zero-order valence-electron chi connectivity index (χ0n) is 16.8.